The van der Waals surface area contributed by atoms with Crippen LogP contribution in [0.5, 0.6) is 0 Å². The Morgan fingerprint density at radius 2 is 2.08 bits per heavy atom. The van der Waals surface area contributed by atoms with Gasteiger partial charge in [-0.1, -0.05) is 24.3 Å². The van der Waals surface area contributed by atoms with Gasteiger partial charge in [0.05, 0.1) is 24.4 Å². The van der Waals surface area contributed by atoms with Gasteiger partial charge in [0.2, 0.25) is 0 Å². The Hall–Kier alpha value is -1.31. The lowest BCUT2D eigenvalue weighted by Crippen LogP contribution is -2.46. The number of aliphatic hydroxyl groups excluding tert-OH is 2. The van der Waals surface area contributed by atoms with Crippen LogP contribution in [0, 0.1) is 0 Å². The predicted octanol–water partition coefficient (Wildman–Crippen LogP) is 0.791. The monoisotopic (exact) mass is 352 g/mol. The van der Waals surface area contributed by atoms with Crippen molar-refractivity contribution in [2.45, 2.75) is 69.5 Å². The highest BCUT2D eigenvalue weighted by Crippen LogP contribution is 2.45. The molecule has 1 aliphatic heterocycles. The summed E-state index contributed by atoms with van der Waals surface area (Å²) in [6, 6.07) is 0. The molecule has 1 saturated heterocycles. The standard InChI is InChI=1S/C19H28O6/c1-12(21)7-5-4-6-8-13-14(11-20)17-19(24,9-15(13)22)10-16(25-17)18(2,3)23/h4-6,8,12,16-17,20-21,23-24H,7,9-11H2,1-3H3/b5-4+,8-6+. The smallest absolute Gasteiger partial charge is 0.166 e. The average Bonchev–Trinajstić information content (AvgIpc) is 2.83. The summed E-state index contributed by atoms with van der Waals surface area (Å²) in [5.74, 6) is -0.261. The number of Topliss-reactive ketones (excluding diaryl/α,β-unsaturated/α-hetero) is 1. The van der Waals surface area contributed by atoms with E-state index < -0.39 is 36.1 Å². The SMILES string of the molecule is CC(O)C/C=C/C=C/C1=C(CO)C2OC(C(C)(C)O)CC2(O)CC1=O. The first-order chi connectivity index (χ1) is 11.6. The van der Waals surface area contributed by atoms with Crippen LogP contribution >= 0.6 is 0 Å². The fourth-order valence-electron chi connectivity index (χ4n) is 3.32. The first kappa shape index (κ1) is 20.0. The molecule has 0 amide bonds. The number of rotatable bonds is 6. The van der Waals surface area contributed by atoms with Crippen LogP contribution in [0.25, 0.3) is 0 Å². The van der Waals surface area contributed by atoms with Gasteiger partial charge in [-0.05, 0) is 32.8 Å². The Kier molecular flexibility index (Phi) is 6.01. The zero-order valence-electron chi connectivity index (χ0n) is 15.0. The summed E-state index contributed by atoms with van der Waals surface area (Å²) in [7, 11) is 0. The van der Waals surface area contributed by atoms with Crippen LogP contribution in [0.1, 0.15) is 40.0 Å². The lowest BCUT2D eigenvalue weighted by molar-refractivity contribution is -0.125. The number of fused-ring (bicyclic) bond motifs is 1. The van der Waals surface area contributed by atoms with E-state index in [0.717, 1.165) is 0 Å². The van der Waals surface area contributed by atoms with Crippen LogP contribution < -0.4 is 0 Å². The maximum atomic E-state index is 12.5. The minimum Gasteiger partial charge on any atom is -0.393 e. The van der Waals surface area contributed by atoms with Gasteiger partial charge in [-0.2, -0.15) is 0 Å². The molecule has 0 radical (unpaired) electrons. The highest BCUT2D eigenvalue weighted by Gasteiger charge is 2.56. The molecule has 4 N–H and O–H groups in total. The maximum Gasteiger partial charge on any atom is 0.166 e. The summed E-state index contributed by atoms with van der Waals surface area (Å²) in [6.07, 6.45) is 5.42. The third-order valence-corrected chi connectivity index (χ3v) is 4.70. The number of allylic oxidation sites excluding steroid dienone is 4. The molecule has 2 aliphatic rings. The second kappa shape index (κ2) is 7.51. The first-order valence-electron chi connectivity index (χ1n) is 8.57. The van der Waals surface area contributed by atoms with Crippen molar-refractivity contribution < 1.29 is 30.0 Å². The van der Waals surface area contributed by atoms with E-state index in [9.17, 15) is 25.2 Å². The van der Waals surface area contributed by atoms with Crippen molar-refractivity contribution in [1.29, 1.82) is 0 Å². The van der Waals surface area contributed by atoms with E-state index in [1.807, 2.05) is 0 Å². The molecule has 25 heavy (non-hydrogen) atoms. The summed E-state index contributed by atoms with van der Waals surface area (Å²) >= 11 is 0. The van der Waals surface area contributed by atoms with Crippen LogP contribution in [0.3, 0.4) is 0 Å². The minimum absolute atomic E-state index is 0.106. The summed E-state index contributed by atoms with van der Waals surface area (Å²) < 4.78 is 5.82. The van der Waals surface area contributed by atoms with Gasteiger partial charge in [-0.3, -0.25) is 4.79 Å². The molecule has 1 aliphatic carbocycles. The van der Waals surface area contributed by atoms with Crippen molar-refractivity contribution in [1.82, 2.24) is 0 Å². The zero-order chi connectivity index (χ0) is 18.8. The van der Waals surface area contributed by atoms with Crippen molar-refractivity contribution >= 4 is 5.78 Å². The molecular formula is C19H28O6. The highest BCUT2D eigenvalue weighted by atomic mass is 16.5. The van der Waals surface area contributed by atoms with Crippen molar-refractivity contribution in [3.63, 3.8) is 0 Å². The zero-order valence-corrected chi connectivity index (χ0v) is 15.0. The van der Waals surface area contributed by atoms with E-state index in [0.29, 0.717) is 17.6 Å². The molecule has 2 rings (SSSR count). The molecule has 6 heteroatoms. The van der Waals surface area contributed by atoms with Gasteiger partial charge in [0.1, 0.15) is 11.7 Å². The summed E-state index contributed by atoms with van der Waals surface area (Å²) in [6.45, 7) is 4.46. The molecule has 0 aromatic carbocycles. The molecular weight excluding hydrogens is 324 g/mol. The number of ketones is 1. The molecule has 4 unspecified atom stereocenters. The Morgan fingerprint density at radius 3 is 2.64 bits per heavy atom. The van der Waals surface area contributed by atoms with Crippen molar-refractivity contribution in [2.24, 2.45) is 0 Å². The van der Waals surface area contributed by atoms with E-state index in [4.69, 9.17) is 4.74 Å². The second-order valence-electron chi connectivity index (χ2n) is 7.54. The minimum atomic E-state index is -1.40. The molecule has 4 atom stereocenters. The van der Waals surface area contributed by atoms with E-state index in [-0.39, 0.29) is 18.6 Å². The topological polar surface area (TPSA) is 107 Å². The number of hydrogen-bond donors (Lipinski definition) is 4. The van der Waals surface area contributed by atoms with Crippen LogP contribution in [0.4, 0.5) is 0 Å². The number of carbonyl (C=O) groups excluding carboxylic acids is 1. The van der Waals surface area contributed by atoms with Crippen LogP contribution in [-0.4, -0.2) is 62.3 Å². The summed E-state index contributed by atoms with van der Waals surface area (Å²) in [5.41, 5.74) is -1.89. The van der Waals surface area contributed by atoms with Gasteiger partial charge in [-0.25, -0.2) is 0 Å². The number of ether oxygens (including phenoxy) is 1. The fraction of sp³-hybridized carbons (Fsp3) is 0.632. The van der Waals surface area contributed by atoms with Gasteiger partial charge in [0, 0.05) is 18.4 Å². The van der Waals surface area contributed by atoms with Gasteiger partial charge in [-0.15, -0.1) is 0 Å². The average molecular weight is 352 g/mol. The lowest BCUT2D eigenvalue weighted by atomic mass is 9.75. The molecule has 140 valence electrons. The third-order valence-electron chi connectivity index (χ3n) is 4.70. The van der Waals surface area contributed by atoms with Crippen LogP contribution in [0.2, 0.25) is 0 Å². The van der Waals surface area contributed by atoms with E-state index in [1.165, 1.54) is 0 Å². The Bertz CT molecular complexity index is 596. The molecule has 0 aromatic rings. The van der Waals surface area contributed by atoms with Gasteiger partial charge >= 0.3 is 0 Å². The van der Waals surface area contributed by atoms with Gasteiger partial charge < -0.3 is 25.2 Å². The number of carbonyl (C=O) groups is 1. The molecule has 0 bridgehead atoms. The normalized spacial score (nSPS) is 32.0. The third kappa shape index (κ3) is 4.46. The van der Waals surface area contributed by atoms with E-state index >= 15 is 0 Å². The molecule has 0 spiro atoms. The van der Waals surface area contributed by atoms with Crippen LogP contribution in [0.15, 0.2) is 35.5 Å². The van der Waals surface area contributed by atoms with E-state index in [1.54, 1.807) is 45.1 Å². The van der Waals surface area contributed by atoms with Gasteiger partial charge in [0.15, 0.2) is 5.78 Å². The second-order valence-corrected chi connectivity index (χ2v) is 7.54. The lowest BCUT2D eigenvalue weighted by Gasteiger charge is -2.34. The summed E-state index contributed by atoms with van der Waals surface area (Å²) in [5, 5.41) is 40.0. The van der Waals surface area contributed by atoms with Crippen molar-refractivity contribution in [3.05, 3.63) is 35.5 Å². The predicted molar refractivity (Wildman–Crippen MR) is 92.8 cm³/mol. The molecule has 0 aromatic heterocycles. The quantitative estimate of drug-likeness (QED) is 0.527. The van der Waals surface area contributed by atoms with Crippen LogP contribution in [-0.2, 0) is 9.53 Å². The molecule has 6 nitrogen and oxygen atoms in total. The molecule has 0 saturated carbocycles. The summed E-state index contributed by atoms with van der Waals surface area (Å²) in [4.78, 5) is 12.5. The van der Waals surface area contributed by atoms with E-state index in [2.05, 4.69) is 0 Å². The van der Waals surface area contributed by atoms with Crippen molar-refractivity contribution in [3.8, 4) is 0 Å². The van der Waals surface area contributed by atoms with Crippen molar-refractivity contribution in [2.75, 3.05) is 6.61 Å². The number of hydrogen-bond acceptors (Lipinski definition) is 6. The molecule has 1 fully saturated rings. The Labute approximate surface area is 148 Å². The Morgan fingerprint density at radius 1 is 1.40 bits per heavy atom. The molecule has 1 heterocycles. The fourth-order valence-corrected chi connectivity index (χ4v) is 3.32. The highest BCUT2D eigenvalue weighted by molar-refractivity contribution is 6.01. The Balaban J connectivity index is 2.27. The van der Waals surface area contributed by atoms with Gasteiger partial charge in [0.25, 0.3) is 0 Å². The first-order valence-corrected chi connectivity index (χ1v) is 8.57. The largest absolute Gasteiger partial charge is 0.393 e. The maximum absolute atomic E-state index is 12.5. The number of aliphatic hydroxyl groups is 4.